The van der Waals surface area contributed by atoms with Gasteiger partial charge in [-0.05, 0) is 67.8 Å². The van der Waals surface area contributed by atoms with Crippen molar-refractivity contribution in [2.24, 2.45) is 0 Å². The predicted octanol–water partition coefficient (Wildman–Crippen LogP) is 5.27. The Morgan fingerprint density at radius 1 is 1.13 bits per heavy atom. The number of benzene rings is 2. The molecule has 0 saturated carbocycles. The Hall–Kier alpha value is -2.83. The van der Waals surface area contributed by atoms with E-state index in [1.165, 1.54) is 0 Å². The van der Waals surface area contributed by atoms with Gasteiger partial charge in [0.25, 0.3) is 5.78 Å². The number of piperidine rings is 1. The van der Waals surface area contributed by atoms with Crippen LogP contribution in [-0.4, -0.2) is 37.6 Å². The van der Waals surface area contributed by atoms with Crippen molar-refractivity contribution >= 4 is 17.4 Å². The van der Waals surface area contributed by atoms with Gasteiger partial charge in [-0.3, -0.25) is 4.90 Å². The van der Waals surface area contributed by atoms with Crippen molar-refractivity contribution in [2.45, 2.75) is 32.2 Å². The summed E-state index contributed by atoms with van der Waals surface area (Å²) in [6, 6.07) is 15.1. The fourth-order valence-electron chi connectivity index (χ4n) is 4.47. The number of halogens is 2. The fraction of sp³-hybridized carbons (Fsp3) is 0.292. The van der Waals surface area contributed by atoms with Crippen LogP contribution in [0.25, 0.3) is 16.9 Å². The lowest BCUT2D eigenvalue weighted by Gasteiger charge is -2.33. The van der Waals surface area contributed by atoms with Crippen molar-refractivity contribution in [1.82, 2.24) is 24.5 Å². The molecule has 0 radical (unpaired) electrons. The van der Waals surface area contributed by atoms with E-state index in [0.717, 1.165) is 48.4 Å². The molecule has 0 amide bonds. The molecule has 0 spiro atoms. The summed E-state index contributed by atoms with van der Waals surface area (Å²) in [5.41, 5.74) is 4.73. The molecule has 2 aromatic heterocycles. The van der Waals surface area contributed by atoms with E-state index in [0.29, 0.717) is 28.8 Å². The zero-order chi connectivity index (χ0) is 21.4. The third-order valence-corrected chi connectivity index (χ3v) is 6.16. The van der Waals surface area contributed by atoms with Crippen molar-refractivity contribution in [3.8, 4) is 11.1 Å². The second-order valence-electron chi connectivity index (χ2n) is 8.19. The molecule has 1 aliphatic rings. The standard InChI is InChI=1S/C24H23ClFN5/c1-16-10-23(31-24(29-16)27-15-28-31)19-5-3-9-30(13-19)14-20-11-18(7-8-22(20)26)17-4-2-6-21(25)12-17/h2,4,6-8,10-12,15,19H,3,5,9,13-14H2,1H3. The molecule has 7 heteroatoms. The second-order valence-corrected chi connectivity index (χ2v) is 8.62. The van der Waals surface area contributed by atoms with Crippen LogP contribution in [0, 0.1) is 12.7 Å². The predicted molar refractivity (Wildman–Crippen MR) is 120 cm³/mol. The fourth-order valence-corrected chi connectivity index (χ4v) is 4.67. The van der Waals surface area contributed by atoms with Gasteiger partial charge in [0.15, 0.2) is 0 Å². The van der Waals surface area contributed by atoms with Crippen LogP contribution in [0.4, 0.5) is 4.39 Å². The van der Waals surface area contributed by atoms with Crippen molar-refractivity contribution in [2.75, 3.05) is 13.1 Å². The van der Waals surface area contributed by atoms with Crippen LogP contribution in [0.1, 0.15) is 35.7 Å². The van der Waals surface area contributed by atoms with E-state index in [1.807, 2.05) is 47.8 Å². The average Bonchev–Trinajstić information content (AvgIpc) is 3.23. The maximum atomic E-state index is 14.7. The van der Waals surface area contributed by atoms with E-state index in [-0.39, 0.29) is 5.82 Å². The Morgan fingerprint density at radius 2 is 2.00 bits per heavy atom. The molecule has 1 unspecified atom stereocenters. The lowest BCUT2D eigenvalue weighted by Crippen LogP contribution is -2.35. The number of aromatic nitrogens is 4. The molecule has 1 atom stereocenters. The molecular weight excluding hydrogens is 413 g/mol. The Balaban J connectivity index is 1.39. The molecule has 1 aliphatic heterocycles. The zero-order valence-corrected chi connectivity index (χ0v) is 18.1. The third-order valence-electron chi connectivity index (χ3n) is 5.93. The third kappa shape index (κ3) is 4.18. The van der Waals surface area contributed by atoms with Crippen LogP contribution in [0.5, 0.6) is 0 Å². The first-order valence-corrected chi connectivity index (χ1v) is 10.9. The topological polar surface area (TPSA) is 46.3 Å². The van der Waals surface area contributed by atoms with Gasteiger partial charge in [0.1, 0.15) is 12.1 Å². The summed E-state index contributed by atoms with van der Waals surface area (Å²) in [4.78, 5) is 11.0. The molecule has 0 bridgehead atoms. The minimum absolute atomic E-state index is 0.175. The molecule has 1 saturated heterocycles. The lowest BCUT2D eigenvalue weighted by molar-refractivity contribution is 0.195. The highest BCUT2D eigenvalue weighted by molar-refractivity contribution is 6.30. The van der Waals surface area contributed by atoms with Crippen molar-refractivity contribution in [1.29, 1.82) is 0 Å². The number of nitrogens with zero attached hydrogens (tertiary/aromatic N) is 5. The first kappa shape index (κ1) is 20.1. The Bertz CT molecular complexity index is 1240. The van der Waals surface area contributed by atoms with E-state index in [2.05, 4.69) is 26.0 Å². The van der Waals surface area contributed by atoms with Crippen molar-refractivity contribution in [3.05, 3.63) is 82.6 Å². The number of hydrogen-bond donors (Lipinski definition) is 0. The highest BCUT2D eigenvalue weighted by Crippen LogP contribution is 2.30. The smallest absolute Gasteiger partial charge is 0.252 e. The highest BCUT2D eigenvalue weighted by Gasteiger charge is 2.25. The molecule has 2 aromatic carbocycles. The maximum Gasteiger partial charge on any atom is 0.252 e. The molecule has 0 N–H and O–H groups in total. The number of rotatable bonds is 4. The summed E-state index contributed by atoms with van der Waals surface area (Å²) in [6.45, 7) is 4.35. The van der Waals surface area contributed by atoms with Gasteiger partial charge in [-0.25, -0.2) is 13.9 Å². The lowest BCUT2D eigenvalue weighted by atomic mass is 9.93. The minimum Gasteiger partial charge on any atom is -0.298 e. The molecule has 1 fully saturated rings. The van der Waals surface area contributed by atoms with Crippen molar-refractivity contribution < 1.29 is 4.39 Å². The van der Waals surface area contributed by atoms with Gasteiger partial charge in [0, 0.05) is 35.3 Å². The average molecular weight is 436 g/mol. The van der Waals surface area contributed by atoms with Gasteiger partial charge in [0.05, 0.1) is 5.69 Å². The van der Waals surface area contributed by atoms with Gasteiger partial charge in [-0.2, -0.15) is 10.1 Å². The van der Waals surface area contributed by atoms with E-state index in [1.54, 1.807) is 12.4 Å². The van der Waals surface area contributed by atoms with Gasteiger partial charge in [0.2, 0.25) is 0 Å². The number of aryl methyl sites for hydroxylation is 1. The summed E-state index contributed by atoms with van der Waals surface area (Å²) in [7, 11) is 0. The molecule has 5 rings (SSSR count). The zero-order valence-electron chi connectivity index (χ0n) is 17.3. The maximum absolute atomic E-state index is 14.7. The number of fused-ring (bicyclic) bond motifs is 1. The number of hydrogen-bond acceptors (Lipinski definition) is 4. The van der Waals surface area contributed by atoms with Crippen LogP contribution in [0.3, 0.4) is 0 Å². The number of likely N-dealkylation sites (tertiary alicyclic amines) is 1. The minimum atomic E-state index is -0.175. The van der Waals surface area contributed by atoms with E-state index < -0.39 is 0 Å². The molecule has 3 heterocycles. The largest absolute Gasteiger partial charge is 0.298 e. The Labute approximate surface area is 185 Å². The summed E-state index contributed by atoms with van der Waals surface area (Å²) in [6.07, 6.45) is 3.67. The molecule has 31 heavy (non-hydrogen) atoms. The Morgan fingerprint density at radius 3 is 2.87 bits per heavy atom. The first-order valence-electron chi connectivity index (χ1n) is 10.5. The molecule has 4 aromatic rings. The quantitative estimate of drug-likeness (QED) is 0.438. The van der Waals surface area contributed by atoms with E-state index >= 15 is 0 Å². The summed E-state index contributed by atoms with van der Waals surface area (Å²) in [5.74, 6) is 0.762. The summed E-state index contributed by atoms with van der Waals surface area (Å²) < 4.78 is 16.5. The first-order chi connectivity index (χ1) is 15.1. The summed E-state index contributed by atoms with van der Waals surface area (Å²) >= 11 is 6.14. The van der Waals surface area contributed by atoms with Gasteiger partial charge in [-0.15, -0.1) is 0 Å². The molecule has 158 valence electrons. The van der Waals surface area contributed by atoms with Crippen LogP contribution in [0.15, 0.2) is 54.9 Å². The van der Waals surface area contributed by atoms with Gasteiger partial charge < -0.3 is 0 Å². The van der Waals surface area contributed by atoms with Gasteiger partial charge >= 0.3 is 0 Å². The van der Waals surface area contributed by atoms with Crippen LogP contribution >= 0.6 is 11.6 Å². The highest BCUT2D eigenvalue weighted by atomic mass is 35.5. The normalized spacial score (nSPS) is 17.3. The van der Waals surface area contributed by atoms with Gasteiger partial charge in [-0.1, -0.05) is 29.8 Å². The van der Waals surface area contributed by atoms with Crippen LogP contribution in [-0.2, 0) is 6.54 Å². The monoisotopic (exact) mass is 435 g/mol. The second kappa shape index (κ2) is 8.36. The Kier molecular flexibility index (Phi) is 5.42. The molecular formula is C24H23ClFN5. The van der Waals surface area contributed by atoms with E-state index in [9.17, 15) is 4.39 Å². The van der Waals surface area contributed by atoms with Crippen LogP contribution < -0.4 is 0 Å². The van der Waals surface area contributed by atoms with Crippen molar-refractivity contribution in [3.63, 3.8) is 0 Å². The SMILES string of the molecule is Cc1cc(C2CCCN(Cc3cc(-c4cccc(Cl)c4)ccc3F)C2)n2ncnc2n1. The summed E-state index contributed by atoms with van der Waals surface area (Å²) in [5, 5.41) is 5.04. The van der Waals surface area contributed by atoms with E-state index in [4.69, 9.17) is 11.6 Å². The van der Waals surface area contributed by atoms with Crippen LogP contribution in [0.2, 0.25) is 5.02 Å². The molecule has 5 nitrogen and oxygen atoms in total. The molecule has 0 aliphatic carbocycles.